The third kappa shape index (κ3) is 4.91. The first-order chi connectivity index (χ1) is 20.4. The summed E-state index contributed by atoms with van der Waals surface area (Å²) in [4.78, 5) is 30.6. The van der Waals surface area contributed by atoms with Crippen molar-refractivity contribution in [2.75, 3.05) is 5.32 Å². The predicted molar refractivity (Wildman–Crippen MR) is 143 cm³/mol. The molecule has 0 radical (unpaired) electrons. The number of carbonyl (C=O) groups is 2. The second kappa shape index (κ2) is 10.2. The van der Waals surface area contributed by atoms with E-state index < -0.39 is 46.8 Å². The van der Waals surface area contributed by atoms with Gasteiger partial charge in [-0.25, -0.2) is 18.3 Å². The minimum Gasteiger partial charge on any atom is -0.341 e. The van der Waals surface area contributed by atoms with Crippen molar-refractivity contribution in [1.82, 2.24) is 19.9 Å². The highest BCUT2D eigenvalue weighted by molar-refractivity contribution is 6.31. The number of rotatable bonds is 4. The average molecular weight is 609 g/mol. The molecule has 5 aromatic rings. The molecule has 3 heterocycles. The number of nitrogens with zero attached hydrogens (tertiary/aromatic N) is 4. The largest absolute Gasteiger partial charge is 0.416 e. The van der Waals surface area contributed by atoms with Crippen LogP contribution in [-0.4, -0.2) is 26.4 Å². The number of amides is 2. The van der Waals surface area contributed by atoms with E-state index in [0.29, 0.717) is 17.8 Å². The van der Waals surface area contributed by atoms with Crippen molar-refractivity contribution in [2.24, 2.45) is 0 Å². The number of halogens is 6. The molecule has 1 aliphatic rings. The minimum atomic E-state index is -4.93. The highest BCUT2D eigenvalue weighted by Crippen LogP contribution is 2.42. The van der Waals surface area contributed by atoms with E-state index in [1.54, 1.807) is 12.1 Å². The molecule has 2 aromatic heterocycles. The summed E-state index contributed by atoms with van der Waals surface area (Å²) in [5, 5.41) is 19.2. The molecule has 0 saturated heterocycles. The molecule has 0 aliphatic carbocycles. The Morgan fingerprint density at radius 2 is 1.81 bits per heavy atom. The number of alkyl halides is 3. The van der Waals surface area contributed by atoms with Crippen LogP contribution in [0.1, 0.15) is 49.1 Å². The minimum absolute atomic E-state index is 0.0101. The van der Waals surface area contributed by atoms with Gasteiger partial charge in [-0.15, -0.1) is 0 Å². The lowest BCUT2D eigenvalue weighted by molar-refractivity contribution is -0.137. The number of nitriles is 1. The van der Waals surface area contributed by atoms with E-state index in [1.807, 2.05) is 6.07 Å². The topological polar surface area (TPSA) is 112 Å². The van der Waals surface area contributed by atoms with Crippen molar-refractivity contribution >= 4 is 34.7 Å². The number of benzene rings is 3. The lowest BCUT2D eigenvalue weighted by Gasteiger charge is -2.19. The zero-order valence-electron chi connectivity index (χ0n) is 21.3. The van der Waals surface area contributed by atoms with Gasteiger partial charge in [-0.3, -0.25) is 9.59 Å². The number of hydrogen-bond acceptors (Lipinski definition) is 5. The summed E-state index contributed by atoms with van der Waals surface area (Å²) in [5.74, 6) is -3.72. The maximum absolute atomic E-state index is 14.2. The Bertz CT molecular complexity index is 2030. The van der Waals surface area contributed by atoms with Crippen LogP contribution in [0.15, 0.2) is 67.0 Å². The Balaban J connectivity index is 1.55. The standard InChI is InChI=1S/C29H14ClF5N6O2/c30-21-3-1-16(31)10-19(21)26-25-20(28(43)40-26)7-13(18-2-4-24-37-12-38-41(24)23(18)11-36)8-22(25)39-27(42)14-5-15(29(33,34)35)9-17(32)6-14/h1-10,12,26H,(H,39,42)(H,40,43). The molecule has 43 heavy (non-hydrogen) atoms. The maximum Gasteiger partial charge on any atom is 0.416 e. The summed E-state index contributed by atoms with van der Waals surface area (Å²) >= 11 is 6.33. The molecular weight excluding hydrogens is 595 g/mol. The van der Waals surface area contributed by atoms with Crippen LogP contribution in [0.5, 0.6) is 0 Å². The van der Waals surface area contributed by atoms with E-state index in [0.717, 1.165) is 12.1 Å². The second-order valence-electron chi connectivity index (χ2n) is 9.48. The van der Waals surface area contributed by atoms with E-state index in [2.05, 4.69) is 20.7 Å². The van der Waals surface area contributed by atoms with Gasteiger partial charge < -0.3 is 10.6 Å². The number of fused-ring (bicyclic) bond motifs is 2. The first-order valence-electron chi connectivity index (χ1n) is 12.3. The molecule has 2 amide bonds. The van der Waals surface area contributed by atoms with Gasteiger partial charge in [0, 0.05) is 38.5 Å². The Labute approximate surface area is 243 Å². The van der Waals surface area contributed by atoms with Gasteiger partial charge in [0.15, 0.2) is 11.3 Å². The third-order valence-corrected chi connectivity index (χ3v) is 7.19. The molecule has 214 valence electrons. The molecule has 2 N–H and O–H groups in total. The average Bonchev–Trinajstić information content (AvgIpc) is 3.57. The molecule has 6 rings (SSSR count). The highest BCUT2D eigenvalue weighted by Gasteiger charge is 2.36. The van der Waals surface area contributed by atoms with Gasteiger partial charge in [-0.2, -0.15) is 23.5 Å². The molecular formula is C29H14ClF5N6O2. The van der Waals surface area contributed by atoms with E-state index in [1.165, 1.54) is 29.0 Å². The number of hydrogen-bond donors (Lipinski definition) is 2. The summed E-state index contributed by atoms with van der Waals surface area (Å²) in [7, 11) is 0. The van der Waals surface area contributed by atoms with Crippen molar-refractivity contribution < 1.29 is 31.5 Å². The van der Waals surface area contributed by atoms with Crippen LogP contribution in [0.25, 0.3) is 16.8 Å². The smallest absolute Gasteiger partial charge is 0.341 e. The first kappa shape index (κ1) is 27.8. The highest BCUT2D eigenvalue weighted by atomic mass is 35.5. The van der Waals surface area contributed by atoms with E-state index in [-0.39, 0.29) is 50.3 Å². The zero-order chi connectivity index (χ0) is 30.6. The van der Waals surface area contributed by atoms with Gasteiger partial charge in [0.05, 0.1) is 11.6 Å². The molecule has 3 aromatic carbocycles. The van der Waals surface area contributed by atoms with Crippen LogP contribution in [0.4, 0.5) is 27.6 Å². The Morgan fingerprint density at radius 3 is 2.56 bits per heavy atom. The number of nitrogens with one attached hydrogen (secondary N) is 2. The first-order valence-corrected chi connectivity index (χ1v) is 12.7. The Morgan fingerprint density at radius 1 is 1.02 bits per heavy atom. The van der Waals surface area contributed by atoms with Crippen LogP contribution in [0.2, 0.25) is 5.02 Å². The predicted octanol–water partition coefficient (Wildman–Crippen LogP) is 6.30. The van der Waals surface area contributed by atoms with E-state index in [4.69, 9.17) is 11.6 Å². The molecule has 0 fully saturated rings. The summed E-state index contributed by atoms with van der Waals surface area (Å²) in [6, 6.07) is 11.7. The van der Waals surface area contributed by atoms with Crippen LogP contribution >= 0.6 is 11.6 Å². The molecule has 14 heteroatoms. The Kier molecular flexibility index (Phi) is 6.58. The molecule has 1 atom stereocenters. The van der Waals surface area contributed by atoms with Gasteiger partial charge in [-0.05, 0) is 66.2 Å². The molecule has 1 unspecified atom stereocenters. The summed E-state index contributed by atoms with van der Waals surface area (Å²) in [6.45, 7) is 0. The van der Waals surface area contributed by atoms with Crippen LogP contribution in [-0.2, 0) is 6.18 Å². The number of carbonyl (C=O) groups excluding carboxylic acids is 2. The SMILES string of the molecule is N#Cc1c(-c2cc(NC(=O)c3cc(F)cc(C(F)(F)F)c3)c3c(c2)C(=O)NC3c2cc(F)ccc2Cl)ccc2ncnn12. The fourth-order valence-electron chi connectivity index (χ4n) is 4.97. The summed E-state index contributed by atoms with van der Waals surface area (Å²) < 4.78 is 69.7. The van der Waals surface area contributed by atoms with Gasteiger partial charge >= 0.3 is 6.18 Å². The lowest BCUT2D eigenvalue weighted by Crippen LogP contribution is -2.21. The number of aromatic nitrogens is 3. The summed E-state index contributed by atoms with van der Waals surface area (Å²) in [5.41, 5.74) is -0.897. The van der Waals surface area contributed by atoms with Gasteiger partial charge in [0.25, 0.3) is 11.8 Å². The quantitative estimate of drug-likeness (QED) is 0.233. The zero-order valence-corrected chi connectivity index (χ0v) is 22.1. The van der Waals surface area contributed by atoms with Gasteiger partial charge in [0.1, 0.15) is 24.0 Å². The maximum atomic E-state index is 14.2. The Hall–Kier alpha value is -5.35. The molecule has 0 spiro atoms. The van der Waals surface area contributed by atoms with E-state index >= 15 is 0 Å². The monoisotopic (exact) mass is 608 g/mol. The lowest BCUT2D eigenvalue weighted by atomic mass is 9.92. The van der Waals surface area contributed by atoms with Gasteiger partial charge in [-0.1, -0.05) is 11.6 Å². The fraction of sp³-hybridized carbons (Fsp3) is 0.0690. The molecule has 0 bridgehead atoms. The summed E-state index contributed by atoms with van der Waals surface area (Å²) in [6.07, 6.45) is -3.69. The van der Waals surface area contributed by atoms with Crippen molar-refractivity contribution in [1.29, 1.82) is 5.26 Å². The molecule has 1 aliphatic heterocycles. The van der Waals surface area contributed by atoms with Gasteiger partial charge in [0.2, 0.25) is 0 Å². The normalized spacial score (nSPS) is 14.3. The number of pyridine rings is 1. The van der Waals surface area contributed by atoms with Crippen molar-refractivity contribution in [3.8, 4) is 17.2 Å². The van der Waals surface area contributed by atoms with Crippen molar-refractivity contribution in [2.45, 2.75) is 12.2 Å². The van der Waals surface area contributed by atoms with Crippen molar-refractivity contribution in [3.05, 3.63) is 117 Å². The third-order valence-electron chi connectivity index (χ3n) is 6.85. The van der Waals surface area contributed by atoms with Crippen LogP contribution in [0.3, 0.4) is 0 Å². The fourth-order valence-corrected chi connectivity index (χ4v) is 5.19. The van der Waals surface area contributed by atoms with Crippen LogP contribution < -0.4 is 10.6 Å². The van der Waals surface area contributed by atoms with Crippen molar-refractivity contribution in [3.63, 3.8) is 0 Å². The molecule has 0 saturated carbocycles. The second-order valence-corrected chi connectivity index (χ2v) is 9.88. The number of anilines is 1. The van der Waals surface area contributed by atoms with E-state index in [9.17, 15) is 36.8 Å². The van der Waals surface area contributed by atoms with Crippen LogP contribution in [0, 0.1) is 23.0 Å². The molecule has 8 nitrogen and oxygen atoms in total.